The molecule has 6 nitrogen and oxygen atoms in total. The lowest BCUT2D eigenvalue weighted by atomic mass is 10.1. The smallest absolute Gasteiger partial charge is 0.257 e. The van der Waals surface area contributed by atoms with E-state index >= 15 is 0 Å². The molecule has 5 rings (SSSR count). The molecule has 0 saturated carbocycles. The van der Waals surface area contributed by atoms with Gasteiger partial charge in [-0.3, -0.25) is 14.9 Å². The third-order valence-electron chi connectivity index (χ3n) is 5.55. The van der Waals surface area contributed by atoms with E-state index in [4.69, 9.17) is 4.74 Å². The van der Waals surface area contributed by atoms with Crippen molar-refractivity contribution in [1.82, 2.24) is 4.98 Å². The molecule has 1 N–H and O–H groups in total. The second kappa shape index (κ2) is 7.57. The number of fused-ring (bicyclic) bond motifs is 2. The zero-order chi connectivity index (χ0) is 20.7. The summed E-state index contributed by atoms with van der Waals surface area (Å²) < 4.78 is 5.56. The highest BCUT2D eigenvalue weighted by atomic mass is 32.1. The second-order valence-corrected chi connectivity index (χ2v) is 8.26. The number of nitrogens with one attached hydrogen (secondary N) is 1. The molecule has 7 heteroatoms. The van der Waals surface area contributed by atoms with Gasteiger partial charge in [0.15, 0.2) is 5.13 Å². The zero-order valence-corrected chi connectivity index (χ0v) is 17.4. The quantitative estimate of drug-likeness (QED) is 0.685. The molecular formula is C23H21N3O3S. The van der Waals surface area contributed by atoms with Gasteiger partial charge in [-0.15, -0.1) is 11.3 Å². The maximum atomic E-state index is 12.7. The molecule has 2 aliphatic rings. The van der Waals surface area contributed by atoms with E-state index in [0.29, 0.717) is 23.7 Å². The molecule has 0 saturated heterocycles. The van der Waals surface area contributed by atoms with Crippen LogP contribution in [-0.4, -0.2) is 29.9 Å². The summed E-state index contributed by atoms with van der Waals surface area (Å²) in [6, 6.07) is 11.6. The maximum absolute atomic E-state index is 12.7. The standard InChI is InChI=1S/C23H21N3O3S/c1-2-21(27)26-9-7-15-12-17(3-5-19(15)26)22(28)25-23-24-18(13-30-23)14-4-6-20-16(11-14)8-10-29-20/h3-6,11-13H,2,7-10H2,1H3,(H,24,25,28). The lowest BCUT2D eigenvalue weighted by Crippen LogP contribution is -2.27. The van der Waals surface area contributed by atoms with Crippen LogP contribution in [0, 0.1) is 0 Å². The monoisotopic (exact) mass is 419 g/mol. The van der Waals surface area contributed by atoms with Gasteiger partial charge < -0.3 is 9.64 Å². The summed E-state index contributed by atoms with van der Waals surface area (Å²) in [7, 11) is 0. The van der Waals surface area contributed by atoms with Crippen molar-refractivity contribution in [3.05, 3.63) is 58.5 Å². The first kappa shape index (κ1) is 18.8. The number of thiazole rings is 1. The molecule has 0 unspecified atom stereocenters. The van der Waals surface area contributed by atoms with E-state index in [2.05, 4.69) is 16.4 Å². The van der Waals surface area contributed by atoms with Crippen molar-refractivity contribution in [2.45, 2.75) is 26.2 Å². The van der Waals surface area contributed by atoms with Crippen molar-refractivity contribution in [2.75, 3.05) is 23.4 Å². The van der Waals surface area contributed by atoms with Crippen LogP contribution in [0.4, 0.5) is 10.8 Å². The van der Waals surface area contributed by atoms with Crippen molar-refractivity contribution < 1.29 is 14.3 Å². The van der Waals surface area contributed by atoms with E-state index in [1.807, 2.05) is 36.6 Å². The first-order chi connectivity index (χ1) is 14.6. The number of carbonyl (C=O) groups excluding carboxylic acids is 2. The minimum absolute atomic E-state index is 0.111. The third-order valence-corrected chi connectivity index (χ3v) is 6.31. The Labute approximate surface area is 178 Å². The van der Waals surface area contributed by atoms with Crippen LogP contribution >= 0.6 is 11.3 Å². The summed E-state index contributed by atoms with van der Waals surface area (Å²) >= 11 is 1.41. The summed E-state index contributed by atoms with van der Waals surface area (Å²) in [6.45, 7) is 3.26. The van der Waals surface area contributed by atoms with E-state index in [1.165, 1.54) is 16.9 Å². The molecule has 0 radical (unpaired) electrons. The molecule has 0 fully saturated rings. The number of aromatic nitrogens is 1. The van der Waals surface area contributed by atoms with Crippen LogP contribution in [0.25, 0.3) is 11.3 Å². The number of ether oxygens (including phenoxy) is 1. The maximum Gasteiger partial charge on any atom is 0.257 e. The predicted octanol–water partition coefficient (Wildman–Crippen LogP) is 4.30. The van der Waals surface area contributed by atoms with Crippen LogP contribution in [0.3, 0.4) is 0 Å². The summed E-state index contributed by atoms with van der Waals surface area (Å²) in [4.78, 5) is 31.2. The summed E-state index contributed by atoms with van der Waals surface area (Å²) in [5, 5.41) is 5.41. The van der Waals surface area contributed by atoms with Gasteiger partial charge in [0.1, 0.15) is 5.75 Å². The minimum Gasteiger partial charge on any atom is -0.493 e. The van der Waals surface area contributed by atoms with E-state index in [9.17, 15) is 9.59 Å². The molecule has 1 aromatic heterocycles. The number of rotatable bonds is 4. The van der Waals surface area contributed by atoms with Crippen LogP contribution in [0.5, 0.6) is 5.75 Å². The van der Waals surface area contributed by atoms with Crippen molar-refractivity contribution in [3.8, 4) is 17.0 Å². The van der Waals surface area contributed by atoms with Gasteiger partial charge in [0.25, 0.3) is 5.91 Å². The van der Waals surface area contributed by atoms with Crippen molar-refractivity contribution in [3.63, 3.8) is 0 Å². The Kier molecular flexibility index (Phi) is 4.75. The molecular weight excluding hydrogens is 398 g/mol. The number of anilines is 2. The Bertz CT molecular complexity index is 1150. The van der Waals surface area contributed by atoms with Crippen LogP contribution in [-0.2, 0) is 17.6 Å². The number of nitrogens with zero attached hydrogens (tertiary/aromatic N) is 2. The predicted molar refractivity (Wildman–Crippen MR) is 117 cm³/mol. The van der Waals surface area contributed by atoms with Gasteiger partial charge in [0.2, 0.25) is 5.91 Å². The van der Waals surface area contributed by atoms with Gasteiger partial charge in [-0.25, -0.2) is 4.98 Å². The molecule has 3 aromatic rings. The first-order valence-corrected chi connectivity index (χ1v) is 11.0. The Balaban J connectivity index is 1.31. The largest absolute Gasteiger partial charge is 0.493 e. The van der Waals surface area contributed by atoms with Crippen LogP contribution in [0.1, 0.15) is 34.8 Å². The van der Waals surface area contributed by atoms with Gasteiger partial charge in [0.05, 0.1) is 12.3 Å². The SMILES string of the molecule is CCC(=O)N1CCc2cc(C(=O)Nc3nc(-c4ccc5c(c4)CCO5)cs3)ccc21. The molecule has 2 aliphatic heterocycles. The number of hydrogen-bond acceptors (Lipinski definition) is 5. The Morgan fingerprint density at radius 2 is 2.07 bits per heavy atom. The summed E-state index contributed by atoms with van der Waals surface area (Å²) in [6.07, 6.45) is 2.16. The molecule has 0 aliphatic carbocycles. The average molecular weight is 420 g/mol. The molecule has 0 bridgehead atoms. The van der Waals surface area contributed by atoms with Crippen molar-refractivity contribution in [1.29, 1.82) is 0 Å². The first-order valence-electron chi connectivity index (χ1n) is 10.1. The fourth-order valence-electron chi connectivity index (χ4n) is 3.97. The Morgan fingerprint density at radius 3 is 2.93 bits per heavy atom. The van der Waals surface area contributed by atoms with Gasteiger partial charge in [-0.1, -0.05) is 6.92 Å². The van der Waals surface area contributed by atoms with Gasteiger partial charge in [-0.05, 0) is 53.9 Å². The average Bonchev–Trinajstić information content (AvgIpc) is 3.51. The molecule has 0 atom stereocenters. The van der Waals surface area contributed by atoms with Gasteiger partial charge in [0, 0.05) is 41.6 Å². The van der Waals surface area contributed by atoms with Crippen LogP contribution < -0.4 is 15.0 Å². The molecule has 2 aromatic carbocycles. The normalized spacial score (nSPS) is 14.2. The minimum atomic E-state index is -0.193. The number of hydrogen-bond donors (Lipinski definition) is 1. The van der Waals surface area contributed by atoms with E-state index in [1.54, 1.807) is 11.0 Å². The fraction of sp³-hybridized carbons (Fsp3) is 0.261. The van der Waals surface area contributed by atoms with Crippen molar-refractivity contribution >= 4 is 34.0 Å². The van der Waals surface area contributed by atoms with E-state index in [-0.39, 0.29) is 11.8 Å². The summed E-state index contributed by atoms with van der Waals surface area (Å²) in [5.74, 6) is 0.860. The molecule has 0 spiro atoms. The summed E-state index contributed by atoms with van der Waals surface area (Å²) in [5.41, 5.74) is 5.58. The van der Waals surface area contributed by atoms with Crippen LogP contribution in [0.15, 0.2) is 41.8 Å². The zero-order valence-electron chi connectivity index (χ0n) is 16.6. The van der Waals surface area contributed by atoms with Crippen molar-refractivity contribution in [2.24, 2.45) is 0 Å². The molecule has 30 heavy (non-hydrogen) atoms. The third kappa shape index (κ3) is 3.35. The topological polar surface area (TPSA) is 71.5 Å². The van der Waals surface area contributed by atoms with Gasteiger partial charge in [-0.2, -0.15) is 0 Å². The number of amides is 2. The highest BCUT2D eigenvalue weighted by Gasteiger charge is 2.24. The highest BCUT2D eigenvalue weighted by Crippen LogP contribution is 2.33. The lowest BCUT2D eigenvalue weighted by Gasteiger charge is -2.16. The van der Waals surface area contributed by atoms with Crippen LogP contribution in [0.2, 0.25) is 0 Å². The molecule has 2 amide bonds. The Hall–Kier alpha value is -3.19. The number of benzene rings is 2. The van der Waals surface area contributed by atoms with E-state index < -0.39 is 0 Å². The fourth-order valence-corrected chi connectivity index (χ4v) is 4.69. The lowest BCUT2D eigenvalue weighted by molar-refractivity contribution is -0.118. The van der Waals surface area contributed by atoms with Gasteiger partial charge >= 0.3 is 0 Å². The Morgan fingerprint density at radius 1 is 1.17 bits per heavy atom. The molecule has 3 heterocycles. The van der Waals surface area contributed by atoms with E-state index in [0.717, 1.165) is 47.7 Å². The molecule has 152 valence electrons. The number of carbonyl (C=O) groups is 2. The highest BCUT2D eigenvalue weighted by molar-refractivity contribution is 7.14. The second-order valence-electron chi connectivity index (χ2n) is 7.41.